The second kappa shape index (κ2) is 21.1. The second-order valence-corrected chi connectivity index (χ2v) is 10.6. The highest BCUT2D eigenvalue weighted by atomic mass is 16.6. The molecule has 0 saturated carbocycles. The lowest BCUT2D eigenvalue weighted by molar-refractivity contribution is 0.0497. The Morgan fingerprint density at radius 3 is 1.26 bits per heavy atom. The average Bonchev–Trinajstić information content (AvgIpc) is 2.69. The highest BCUT2D eigenvalue weighted by Crippen LogP contribution is 2.16. The molecular weight excluding hydrogens is 382 g/mol. The molecule has 0 aliphatic heterocycles. The van der Waals surface area contributed by atoms with Crippen molar-refractivity contribution in [1.82, 2.24) is 5.32 Å². The minimum absolute atomic E-state index is 0.246. The van der Waals surface area contributed by atoms with Crippen LogP contribution in [0.4, 0.5) is 4.79 Å². The zero-order valence-electron chi connectivity index (χ0n) is 22.0. The van der Waals surface area contributed by atoms with E-state index < -0.39 is 5.60 Å². The lowest BCUT2D eigenvalue weighted by Gasteiger charge is -2.24. The SMILES string of the molecule is CCCCCCCCCCCC(CCCCCCCCCCC)NC(=O)OC(C)(C)C. The largest absolute Gasteiger partial charge is 0.444 e. The van der Waals surface area contributed by atoms with Crippen molar-refractivity contribution < 1.29 is 9.53 Å². The summed E-state index contributed by atoms with van der Waals surface area (Å²) in [6.07, 6.45) is 26.1. The first-order valence-corrected chi connectivity index (χ1v) is 13.9. The molecule has 0 rings (SSSR count). The van der Waals surface area contributed by atoms with Gasteiger partial charge in [-0.25, -0.2) is 4.79 Å². The van der Waals surface area contributed by atoms with Crippen molar-refractivity contribution in [2.75, 3.05) is 0 Å². The molecule has 0 aromatic heterocycles. The normalized spacial score (nSPS) is 11.8. The number of unbranched alkanes of at least 4 members (excludes halogenated alkanes) is 16. The summed E-state index contributed by atoms with van der Waals surface area (Å²) >= 11 is 0. The average molecular weight is 440 g/mol. The van der Waals surface area contributed by atoms with Crippen molar-refractivity contribution in [3.05, 3.63) is 0 Å². The molecule has 3 nitrogen and oxygen atoms in total. The van der Waals surface area contributed by atoms with E-state index in [0.717, 1.165) is 12.8 Å². The third-order valence-corrected chi connectivity index (χ3v) is 6.03. The van der Waals surface area contributed by atoms with Crippen LogP contribution in [-0.4, -0.2) is 17.7 Å². The quantitative estimate of drug-likeness (QED) is 0.181. The van der Waals surface area contributed by atoms with Gasteiger partial charge in [0.25, 0.3) is 0 Å². The minimum atomic E-state index is -0.426. The van der Waals surface area contributed by atoms with Crippen LogP contribution in [0.3, 0.4) is 0 Å². The van der Waals surface area contributed by atoms with Crippen molar-refractivity contribution in [2.24, 2.45) is 0 Å². The van der Waals surface area contributed by atoms with E-state index in [1.165, 1.54) is 116 Å². The van der Waals surface area contributed by atoms with Crippen molar-refractivity contribution in [2.45, 2.75) is 175 Å². The number of ether oxygens (including phenoxy) is 1. The van der Waals surface area contributed by atoms with Crippen LogP contribution in [0.15, 0.2) is 0 Å². The predicted octanol–water partition coefficient (Wildman–Crippen LogP) is 9.72. The molecule has 0 aromatic rings. The molecule has 31 heavy (non-hydrogen) atoms. The topological polar surface area (TPSA) is 38.3 Å². The molecule has 0 aromatic carbocycles. The number of rotatable bonds is 21. The molecule has 0 aliphatic carbocycles. The van der Waals surface area contributed by atoms with Gasteiger partial charge < -0.3 is 10.1 Å². The highest BCUT2D eigenvalue weighted by molar-refractivity contribution is 5.68. The molecule has 0 aliphatic rings. The predicted molar refractivity (Wildman–Crippen MR) is 137 cm³/mol. The van der Waals surface area contributed by atoms with Crippen LogP contribution in [-0.2, 0) is 4.74 Å². The lowest BCUT2D eigenvalue weighted by Crippen LogP contribution is -2.39. The van der Waals surface area contributed by atoms with Gasteiger partial charge in [0.2, 0.25) is 0 Å². The van der Waals surface area contributed by atoms with E-state index in [9.17, 15) is 4.79 Å². The Labute approximate surface area is 195 Å². The monoisotopic (exact) mass is 439 g/mol. The van der Waals surface area contributed by atoms with Crippen LogP contribution in [0.25, 0.3) is 0 Å². The molecule has 0 heterocycles. The summed E-state index contributed by atoms with van der Waals surface area (Å²) < 4.78 is 5.50. The van der Waals surface area contributed by atoms with Crippen LogP contribution >= 0.6 is 0 Å². The van der Waals surface area contributed by atoms with Crippen LogP contribution in [0.2, 0.25) is 0 Å². The van der Waals surface area contributed by atoms with Gasteiger partial charge in [-0.3, -0.25) is 0 Å². The summed E-state index contributed by atoms with van der Waals surface area (Å²) in [5, 5.41) is 3.16. The van der Waals surface area contributed by atoms with Crippen LogP contribution in [0.1, 0.15) is 163 Å². The molecule has 0 bridgehead atoms. The third-order valence-electron chi connectivity index (χ3n) is 6.03. The van der Waals surface area contributed by atoms with E-state index in [-0.39, 0.29) is 12.1 Å². The van der Waals surface area contributed by atoms with E-state index in [0.29, 0.717) is 0 Å². The van der Waals surface area contributed by atoms with Gasteiger partial charge in [-0.2, -0.15) is 0 Å². The van der Waals surface area contributed by atoms with Gasteiger partial charge in [0, 0.05) is 6.04 Å². The van der Waals surface area contributed by atoms with E-state index >= 15 is 0 Å². The smallest absolute Gasteiger partial charge is 0.407 e. The van der Waals surface area contributed by atoms with Crippen molar-refractivity contribution >= 4 is 6.09 Å². The Morgan fingerprint density at radius 1 is 0.613 bits per heavy atom. The van der Waals surface area contributed by atoms with Crippen molar-refractivity contribution in [3.63, 3.8) is 0 Å². The van der Waals surface area contributed by atoms with Gasteiger partial charge >= 0.3 is 6.09 Å². The van der Waals surface area contributed by atoms with Gasteiger partial charge in [-0.05, 0) is 33.6 Å². The van der Waals surface area contributed by atoms with Gasteiger partial charge in [-0.1, -0.05) is 129 Å². The summed E-state index contributed by atoms with van der Waals surface area (Å²) in [5.41, 5.74) is -0.426. The van der Waals surface area contributed by atoms with Crippen molar-refractivity contribution in [3.8, 4) is 0 Å². The van der Waals surface area contributed by atoms with E-state index in [2.05, 4.69) is 19.2 Å². The molecule has 0 unspecified atom stereocenters. The molecule has 1 amide bonds. The van der Waals surface area contributed by atoms with E-state index in [1.807, 2.05) is 20.8 Å². The fraction of sp³-hybridized carbons (Fsp3) is 0.964. The van der Waals surface area contributed by atoms with Crippen LogP contribution in [0, 0.1) is 0 Å². The zero-order valence-corrected chi connectivity index (χ0v) is 22.0. The Bertz CT molecular complexity index is 367. The lowest BCUT2D eigenvalue weighted by atomic mass is 9.99. The second-order valence-electron chi connectivity index (χ2n) is 10.6. The van der Waals surface area contributed by atoms with Gasteiger partial charge in [0.15, 0.2) is 0 Å². The number of hydrogen-bond acceptors (Lipinski definition) is 2. The third kappa shape index (κ3) is 23.8. The summed E-state index contributed by atoms with van der Waals surface area (Å²) in [5.74, 6) is 0. The first-order valence-electron chi connectivity index (χ1n) is 13.9. The molecule has 0 fully saturated rings. The number of hydrogen-bond donors (Lipinski definition) is 1. The number of alkyl carbamates (subject to hydrolysis) is 1. The Kier molecular flexibility index (Phi) is 20.6. The summed E-state index contributed by atoms with van der Waals surface area (Å²) in [6, 6.07) is 0.268. The molecule has 1 N–H and O–H groups in total. The summed E-state index contributed by atoms with van der Waals surface area (Å²) in [6.45, 7) is 10.3. The van der Waals surface area contributed by atoms with E-state index in [1.54, 1.807) is 0 Å². The molecule has 0 saturated heterocycles. The maximum absolute atomic E-state index is 12.3. The van der Waals surface area contributed by atoms with E-state index in [4.69, 9.17) is 4.74 Å². The molecule has 186 valence electrons. The standard InChI is InChI=1S/C28H57NO2/c1-6-8-10-12-14-16-18-20-22-24-26(29-27(30)31-28(3,4)5)25-23-21-19-17-15-13-11-9-7-2/h26H,6-25H2,1-5H3,(H,29,30). The Morgan fingerprint density at radius 2 is 0.935 bits per heavy atom. The van der Waals surface area contributed by atoms with Crippen LogP contribution < -0.4 is 5.32 Å². The number of amides is 1. The van der Waals surface area contributed by atoms with Gasteiger partial charge in [-0.15, -0.1) is 0 Å². The molecule has 0 atom stereocenters. The zero-order chi connectivity index (χ0) is 23.2. The number of nitrogens with one attached hydrogen (secondary N) is 1. The molecule has 3 heteroatoms. The summed E-state index contributed by atoms with van der Waals surface area (Å²) in [4.78, 5) is 12.3. The Balaban J connectivity index is 4.02. The molecule has 0 radical (unpaired) electrons. The fourth-order valence-corrected chi connectivity index (χ4v) is 4.17. The minimum Gasteiger partial charge on any atom is -0.444 e. The number of carbonyl (C=O) groups is 1. The Hall–Kier alpha value is -0.730. The highest BCUT2D eigenvalue weighted by Gasteiger charge is 2.19. The first-order chi connectivity index (χ1) is 14.9. The van der Waals surface area contributed by atoms with Gasteiger partial charge in [0.1, 0.15) is 5.60 Å². The van der Waals surface area contributed by atoms with Crippen molar-refractivity contribution in [1.29, 1.82) is 0 Å². The molecule has 0 spiro atoms. The first kappa shape index (κ1) is 30.3. The van der Waals surface area contributed by atoms with Gasteiger partial charge in [0.05, 0.1) is 0 Å². The maximum Gasteiger partial charge on any atom is 0.407 e. The summed E-state index contributed by atoms with van der Waals surface area (Å²) in [7, 11) is 0. The molecular formula is C28H57NO2. The number of carbonyl (C=O) groups excluding carboxylic acids is 1. The fourth-order valence-electron chi connectivity index (χ4n) is 4.17. The maximum atomic E-state index is 12.3. The van der Waals surface area contributed by atoms with Crippen LogP contribution in [0.5, 0.6) is 0 Å².